The van der Waals surface area contributed by atoms with Gasteiger partial charge in [0.05, 0.1) is 0 Å². The molecule has 1 heterocycles. The summed E-state index contributed by atoms with van der Waals surface area (Å²) in [4.78, 5) is 14.6. The molecular formula is C20H23N3OS. The highest BCUT2D eigenvalue weighted by atomic mass is 32.2. The van der Waals surface area contributed by atoms with E-state index in [1.807, 2.05) is 60.7 Å². The zero-order valence-electron chi connectivity index (χ0n) is 14.4. The quantitative estimate of drug-likeness (QED) is 0.543. The van der Waals surface area contributed by atoms with E-state index in [0.29, 0.717) is 11.4 Å². The van der Waals surface area contributed by atoms with Crippen molar-refractivity contribution in [3.05, 3.63) is 71.0 Å². The fourth-order valence-electron chi connectivity index (χ4n) is 2.59. The Labute approximate surface area is 152 Å². The lowest BCUT2D eigenvalue weighted by molar-refractivity contribution is 0.540. The van der Waals surface area contributed by atoms with E-state index in [0.717, 1.165) is 35.7 Å². The average molecular weight is 353 g/mol. The van der Waals surface area contributed by atoms with Crippen LogP contribution in [-0.2, 0) is 6.54 Å². The van der Waals surface area contributed by atoms with E-state index in [1.54, 1.807) is 4.68 Å². The molecule has 2 N–H and O–H groups in total. The molecule has 0 saturated carbocycles. The molecule has 0 aliphatic heterocycles. The number of H-pyrrole nitrogens is 1. The molecule has 0 aliphatic rings. The summed E-state index contributed by atoms with van der Waals surface area (Å²) in [6.45, 7) is 2.88. The Hall–Kier alpha value is -2.40. The monoisotopic (exact) mass is 353 g/mol. The largest absolute Gasteiger partial charge is 0.340 e. The van der Waals surface area contributed by atoms with Crippen LogP contribution in [0.4, 0.5) is 11.5 Å². The van der Waals surface area contributed by atoms with Crippen LogP contribution in [0.3, 0.4) is 0 Å². The summed E-state index contributed by atoms with van der Waals surface area (Å²) in [5, 5.41) is 6.60. The van der Waals surface area contributed by atoms with Gasteiger partial charge in [-0.15, -0.1) is 0 Å². The molecule has 2 aromatic carbocycles. The summed E-state index contributed by atoms with van der Waals surface area (Å²) in [7, 11) is 0. The molecule has 0 unspecified atom stereocenters. The minimum absolute atomic E-state index is 0.0309. The number of benzene rings is 2. The molecule has 0 aliphatic carbocycles. The van der Waals surface area contributed by atoms with Gasteiger partial charge in [0.15, 0.2) is 0 Å². The van der Waals surface area contributed by atoms with Crippen molar-refractivity contribution >= 4 is 23.3 Å². The van der Waals surface area contributed by atoms with Crippen molar-refractivity contribution in [2.45, 2.75) is 42.5 Å². The number of hydrogen-bond acceptors (Lipinski definition) is 3. The minimum Gasteiger partial charge on any atom is -0.340 e. The van der Waals surface area contributed by atoms with Gasteiger partial charge in [-0.25, -0.2) is 0 Å². The van der Waals surface area contributed by atoms with Gasteiger partial charge in [-0.3, -0.25) is 14.6 Å². The first kappa shape index (κ1) is 17.4. The highest BCUT2D eigenvalue weighted by molar-refractivity contribution is 7.99. The number of anilines is 2. The van der Waals surface area contributed by atoms with Crippen LogP contribution in [0.1, 0.15) is 26.2 Å². The molecule has 3 rings (SSSR count). The molecule has 0 fully saturated rings. The summed E-state index contributed by atoms with van der Waals surface area (Å²) in [6.07, 6.45) is 3.25. The van der Waals surface area contributed by atoms with Gasteiger partial charge in [0.1, 0.15) is 10.7 Å². The molecule has 4 nitrogen and oxygen atoms in total. The van der Waals surface area contributed by atoms with Crippen LogP contribution in [-0.4, -0.2) is 9.78 Å². The van der Waals surface area contributed by atoms with Crippen LogP contribution in [0.25, 0.3) is 0 Å². The SMILES string of the molecule is CCCCCn1[nH]c(Nc2ccccc2)c(Sc2ccccc2)c1=O. The third kappa shape index (κ3) is 4.57. The maximum atomic E-state index is 12.8. The van der Waals surface area contributed by atoms with Crippen molar-refractivity contribution in [2.24, 2.45) is 0 Å². The lowest BCUT2D eigenvalue weighted by atomic mass is 10.2. The Morgan fingerprint density at radius 1 is 1.00 bits per heavy atom. The van der Waals surface area contributed by atoms with Gasteiger partial charge < -0.3 is 5.32 Å². The molecule has 0 saturated heterocycles. The summed E-state index contributed by atoms with van der Waals surface area (Å²) in [6, 6.07) is 19.9. The molecule has 5 heteroatoms. The summed E-state index contributed by atoms with van der Waals surface area (Å²) in [5.74, 6) is 0.751. The maximum Gasteiger partial charge on any atom is 0.282 e. The molecule has 3 aromatic rings. The smallest absolute Gasteiger partial charge is 0.282 e. The van der Waals surface area contributed by atoms with E-state index >= 15 is 0 Å². The zero-order valence-corrected chi connectivity index (χ0v) is 15.2. The minimum atomic E-state index is 0.0309. The Kier molecular flexibility index (Phi) is 6.01. The van der Waals surface area contributed by atoms with E-state index in [4.69, 9.17) is 0 Å². The fourth-order valence-corrected chi connectivity index (χ4v) is 3.52. The van der Waals surface area contributed by atoms with Crippen molar-refractivity contribution in [3.8, 4) is 0 Å². The number of aryl methyl sites for hydroxylation is 1. The molecule has 1 aromatic heterocycles. The number of unbranched alkanes of at least 4 members (excludes halogenated alkanes) is 2. The van der Waals surface area contributed by atoms with Crippen molar-refractivity contribution in [3.63, 3.8) is 0 Å². The molecule has 0 spiro atoms. The van der Waals surface area contributed by atoms with Crippen molar-refractivity contribution < 1.29 is 0 Å². The highest BCUT2D eigenvalue weighted by Gasteiger charge is 2.15. The Balaban J connectivity index is 1.90. The number of nitrogens with one attached hydrogen (secondary N) is 2. The van der Waals surface area contributed by atoms with Crippen LogP contribution in [0, 0.1) is 0 Å². The lowest BCUT2D eigenvalue weighted by Gasteiger charge is -2.06. The second-order valence-corrected chi connectivity index (χ2v) is 6.97. The summed E-state index contributed by atoms with van der Waals surface area (Å²) >= 11 is 1.49. The van der Waals surface area contributed by atoms with Crippen molar-refractivity contribution in [1.29, 1.82) is 0 Å². The van der Waals surface area contributed by atoms with E-state index in [1.165, 1.54) is 11.8 Å². The van der Waals surface area contributed by atoms with E-state index < -0.39 is 0 Å². The molecule has 130 valence electrons. The topological polar surface area (TPSA) is 49.8 Å². The fraction of sp³-hybridized carbons (Fsp3) is 0.250. The van der Waals surface area contributed by atoms with Gasteiger partial charge in [-0.1, -0.05) is 67.9 Å². The summed E-state index contributed by atoms with van der Waals surface area (Å²) < 4.78 is 1.71. The van der Waals surface area contributed by atoms with Gasteiger partial charge in [0, 0.05) is 17.1 Å². The van der Waals surface area contributed by atoms with Gasteiger partial charge in [0.2, 0.25) is 0 Å². The number of para-hydroxylation sites is 1. The van der Waals surface area contributed by atoms with Crippen molar-refractivity contribution in [1.82, 2.24) is 9.78 Å². The van der Waals surface area contributed by atoms with Crippen LogP contribution < -0.4 is 10.9 Å². The third-order valence-corrected chi connectivity index (χ3v) is 5.00. The number of aromatic nitrogens is 2. The molecule has 0 radical (unpaired) electrons. The third-order valence-electron chi connectivity index (χ3n) is 3.90. The summed E-state index contributed by atoms with van der Waals surface area (Å²) in [5.41, 5.74) is 0.989. The Bertz CT molecular complexity index is 840. The van der Waals surface area contributed by atoms with Gasteiger partial charge in [-0.05, 0) is 30.7 Å². The van der Waals surface area contributed by atoms with Crippen LogP contribution >= 0.6 is 11.8 Å². The Morgan fingerprint density at radius 3 is 2.36 bits per heavy atom. The standard InChI is InChI=1S/C20H23N3OS/c1-2-3-10-15-23-20(24)18(25-17-13-8-5-9-14-17)19(22-23)21-16-11-6-4-7-12-16/h4-9,11-14,21-22H,2-3,10,15H2,1H3. The molecule has 0 amide bonds. The second-order valence-electron chi connectivity index (χ2n) is 5.89. The normalized spacial score (nSPS) is 10.8. The number of hydrogen-bond donors (Lipinski definition) is 2. The number of nitrogens with zero attached hydrogens (tertiary/aromatic N) is 1. The molecular weight excluding hydrogens is 330 g/mol. The van der Waals surface area contributed by atoms with Gasteiger partial charge in [-0.2, -0.15) is 0 Å². The zero-order chi connectivity index (χ0) is 17.5. The highest BCUT2D eigenvalue weighted by Crippen LogP contribution is 2.31. The van der Waals surface area contributed by atoms with Gasteiger partial charge >= 0.3 is 0 Å². The van der Waals surface area contributed by atoms with Crippen LogP contribution in [0.2, 0.25) is 0 Å². The molecule has 0 bridgehead atoms. The first-order valence-electron chi connectivity index (χ1n) is 8.65. The molecule has 0 atom stereocenters. The average Bonchev–Trinajstić information content (AvgIpc) is 2.93. The number of rotatable bonds is 8. The van der Waals surface area contributed by atoms with Crippen molar-refractivity contribution in [2.75, 3.05) is 5.32 Å². The lowest BCUT2D eigenvalue weighted by Crippen LogP contribution is -2.17. The first-order valence-corrected chi connectivity index (χ1v) is 9.47. The molecule has 25 heavy (non-hydrogen) atoms. The van der Waals surface area contributed by atoms with E-state index in [9.17, 15) is 4.79 Å². The second kappa shape index (κ2) is 8.62. The number of aromatic amines is 1. The first-order chi connectivity index (χ1) is 12.3. The maximum absolute atomic E-state index is 12.8. The predicted octanol–water partition coefficient (Wildman–Crippen LogP) is 5.26. The van der Waals surface area contributed by atoms with Crippen LogP contribution in [0.5, 0.6) is 0 Å². The Morgan fingerprint density at radius 2 is 1.68 bits per heavy atom. The predicted molar refractivity (Wildman–Crippen MR) is 105 cm³/mol. The van der Waals surface area contributed by atoms with Crippen LogP contribution in [0.15, 0.2) is 75.2 Å². The van der Waals surface area contributed by atoms with Gasteiger partial charge in [0.25, 0.3) is 5.56 Å². The van der Waals surface area contributed by atoms with E-state index in [-0.39, 0.29) is 5.56 Å². The van der Waals surface area contributed by atoms with E-state index in [2.05, 4.69) is 17.3 Å².